The lowest BCUT2D eigenvalue weighted by atomic mass is 9.79. The molecule has 6 heteroatoms. The van der Waals surface area contributed by atoms with Crippen LogP contribution in [0.15, 0.2) is 18.2 Å². The SMILES string of the molecule is CC1(C)OB(c2ccc(C(=O)N3CCCC3)c(Cl)c2)OC1(C)C. The van der Waals surface area contributed by atoms with Crippen molar-refractivity contribution >= 4 is 30.1 Å². The van der Waals surface area contributed by atoms with Crippen LogP contribution in [0.3, 0.4) is 0 Å². The first-order valence-electron chi connectivity index (χ1n) is 8.16. The first-order valence-corrected chi connectivity index (χ1v) is 8.53. The molecule has 2 saturated heterocycles. The second kappa shape index (κ2) is 5.80. The van der Waals surface area contributed by atoms with Crippen LogP contribution in [0.5, 0.6) is 0 Å². The van der Waals surface area contributed by atoms with Crippen LogP contribution in [0.25, 0.3) is 0 Å². The Kier molecular flexibility index (Phi) is 4.24. The van der Waals surface area contributed by atoms with Gasteiger partial charge in [-0.25, -0.2) is 0 Å². The number of carbonyl (C=O) groups excluding carboxylic acids is 1. The molecule has 0 bridgehead atoms. The van der Waals surface area contributed by atoms with Crippen molar-refractivity contribution in [2.75, 3.05) is 13.1 Å². The largest absolute Gasteiger partial charge is 0.494 e. The zero-order chi connectivity index (χ0) is 16.8. The van der Waals surface area contributed by atoms with Crippen LogP contribution in [-0.4, -0.2) is 42.2 Å². The summed E-state index contributed by atoms with van der Waals surface area (Å²) in [7, 11) is -0.464. The number of halogens is 1. The van der Waals surface area contributed by atoms with Crippen LogP contribution < -0.4 is 5.46 Å². The van der Waals surface area contributed by atoms with Gasteiger partial charge < -0.3 is 14.2 Å². The molecular formula is C17H23BClNO3. The minimum Gasteiger partial charge on any atom is -0.399 e. The Hall–Kier alpha value is -1.04. The number of likely N-dealkylation sites (tertiary alicyclic amines) is 1. The average molecular weight is 336 g/mol. The molecular weight excluding hydrogens is 312 g/mol. The van der Waals surface area contributed by atoms with E-state index in [4.69, 9.17) is 20.9 Å². The second-order valence-corrected chi connectivity index (χ2v) is 7.73. The molecule has 1 aromatic rings. The summed E-state index contributed by atoms with van der Waals surface area (Å²) in [6.07, 6.45) is 2.13. The maximum atomic E-state index is 12.5. The molecule has 4 nitrogen and oxygen atoms in total. The summed E-state index contributed by atoms with van der Waals surface area (Å²) in [5.41, 5.74) is 0.600. The predicted octanol–water partition coefficient (Wildman–Crippen LogP) is 2.88. The van der Waals surface area contributed by atoms with Crippen molar-refractivity contribution in [3.05, 3.63) is 28.8 Å². The number of carbonyl (C=O) groups is 1. The third-order valence-corrected chi connectivity index (χ3v) is 5.45. The molecule has 0 spiro atoms. The number of nitrogens with zero attached hydrogens (tertiary/aromatic N) is 1. The molecule has 2 heterocycles. The molecule has 2 fully saturated rings. The Morgan fingerprint density at radius 2 is 1.70 bits per heavy atom. The maximum Gasteiger partial charge on any atom is 0.494 e. The van der Waals surface area contributed by atoms with E-state index in [1.54, 1.807) is 12.1 Å². The normalized spacial score (nSPS) is 22.7. The van der Waals surface area contributed by atoms with E-state index < -0.39 is 18.3 Å². The van der Waals surface area contributed by atoms with Gasteiger partial charge in [-0.1, -0.05) is 17.7 Å². The quantitative estimate of drug-likeness (QED) is 0.780. The fraction of sp³-hybridized carbons (Fsp3) is 0.588. The maximum absolute atomic E-state index is 12.5. The summed E-state index contributed by atoms with van der Waals surface area (Å²) in [4.78, 5) is 14.3. The van der Waals surface area contributed by atoms with E-state index in [2.05, 4.69) is 0 Å². The van der Waals surface area contributed by atoms with Crippen molar-refractivity contribution in [1.29, 1.82) is 0 Å². The Morgan fingerprint density at radius 1 is 1.13 bits per heavy atom. The summed E-state index contributed by atoms with van der Waals surface area (Å²) in [5, 5.41) is 0.453. The lowest BCUT2D eigenvalue weighted by molar-refractivity contribution is 0.00578. The number of benzene rings is 1. The molecule has 2 aliphatic rings. The van der Waals surface area contributed by atoms with Crippen molar-refractivity contribution in [3.63, 3.8) is 0 Å². The van der Waals surface area contributed by atoms with Gasteiger partial charge >= 0.3 is 7.12 Å². The minimum absolute atomic E-state index is 0.00738. The Morgan fingerprint density at radius 3 is 2.22 bits per heavy atom. The summed E-state index contributed by atoms with van der Waals surface area (Å²) in [6.45, 7) is 9.68. The van der Waals surface area contributed by atoms with Gasteiger partial charge in [0.2, 0.25) is 0 Å². The molecule has 1 aromatic carbocycles. The number of rotatable bonds is 2. The fourth-order valence-corrected chi connectivity index (χ4v) is 3.19. The van der Waals surface area contributed by atoms with E-state index in [0.717, 1.165) is 31.4 Å². The fourth-order valence-electron chi connectivity index (χ4n) is 2.92. The van der Waals surface area contributed by atoms with E-state index in [0.29, 0.717) is 10.6 Å². The van der Waals surface area contributed by atoms with Gasteiger partial charge in [0.15, 0.2) is 0 Å². The lowest BCUT2D eigenvalue weighted by Gasteiger charge is -2.32. The first kappa shape index (κ1) is 16.8. The van der Waals surface area contributed by atoms with Crippen LogP contribution >= 0.6 is 11.6 Å². The predicted molar refractivity (Wildman–Crippen MR) is 92.3 cm³/mol. The van der Waals surface area contributed by atoms with Crippen molar-refractivity contribution in [2.45, 2.75) is 51.7 Å². The van der Waals surface area contributed by atoms with E-state index in [9.17, 15) is 4.79 Å². The van der Waals surface area contributed by atoms with Gasteiger partial charge in [-0.15, -0.1) is 0 Å². The second-order valence-electron chi connectivity index (χ2n) is 7.33. The molecule has 3 rings (SSSR count). The Bertz CT molecular complexity index is 610. The van der Waals surface area contributed by atoms with Gasteiger partial charge in [-0.2, -0.15) is 0 Å². The molecule has 1 amide bonds. The zero-order valence-electron chi connectivity index (χ0n) is 14.2. The third-order valence-electron chi connectivity index (χ3n) is 5.14. The van der Waals surface area contributed by atoms with Gasteiger partial charge in [-0.05, 0) is 58.1 Å². The van der Waals surface area contributed by atoms with Gasteiger partial charge in [0.05, 0.1) is 21.8 Å². The number of amides is 1. The minimum atomic E-state index is -0.464. The highest BCUT2D eigenvalue weighted by Gasteiger charge is 2.51. The highest BCUT2D eigenvalue weighted by atomic mass is 35.5. The molecule has 0 aliphatic carbocycles. The molecule has 0 N–H and O–H groups in total. The van der Waals surface area contributed by atoms with E-state index in [1.165, 1.54) is 0 Å². The van der Waals surface area contributed by atoms with E-state index >= 15 is 0 Å². The molecule has 0 unspecified atom stereocenters. The number of hydrogen-bond acceptors (Lipinski definition) is 3. The van der Waals surface area contributed by atoms with Crippen LogP contribution in [0.4, 0.5) is 0 Å². The molecule has 0 saturated carbocycles. The molecule has 2 aliphatic heterocycles. The van der Waals surface area contributed by atoms with Crippen LogP contribution in [-0.2, 0) is 9.31 Å². The summed E-state index contributed by atoms with van der Waals surface area (Å²) < 4.78 is 12.1. The Labute approximate surface area is 143 Å². The van der Waals surface area contributed by atoms with Gasteiger partial charge in [0.1, 0.15) is 0 Å². The van der Waals surface area contributed by atoms with Crippen molar-refractivity contribution in [2.24, 2.45) is 0 Å². The van der Waals surface area contributed by atoms with Crippen LogP contribution in [0.2, 0.25) is 5.02 Å². The molecule has 23 heavy (non-hydrogen) atoms. The monoisotopic (exact) mass is 335 g/mol. The van der Waals surface area contributed by atoms with E-state index in [1.807, 2.05) is 38.7 Å². The van der Waals surface area contributed by atoms with Crippen LogP contribution in [0, 0.1) is 0 Å². The zero-order valence-corrected chi connectivity index (χ0v) is 14.9. The smallest absolute Gasteiger partial charge is 0.399 e. The lowest BCUT2D eigenvalue weighted by Crippen LogP contribution is -2.41. The molecule has 124 valence electrons. The highest BCUT2D eigenvalue weighted by Crippen LogP contribution is 2.36. The topological polar surface area (TPSA) is 38.8 Å². The van der Waals surface area contributed by atoms with Crippen molar-refractivity contribution in [1.82, 2.24) is 4.90 Å². The van der Waals surface area contributed by atoms with Crippen molar-refractivity contribution in [3.8, 4) is 0 Å². The Balaban J connectivity index is 1.81. The summed E-state index contributed by atoms with van der Waals surface area (Å²) in [5.74, 6) is 0.00738. The summed E-state index contributed by atoms with van der Waals surface area (Å²) >= 11 is 6.36. The first-order chi connectivity index (χ1) is 10.7. The standard InChI is InChI=1S/C17H23BClNO3/c1-16(2)17(3,4)23-18(22-16)12-7-8-13(14(19)11-12)15(21)20-9-5-6-10-20/h7-8,11H,5-6,9-10H2,1-4H3. The molecule has 0 radical (unpaired) electrons. The highest BCUT2D eigenvalue weighted by molar-refractivity contribution is 6.62. The molecule has 0 atom stereocenters. The molecule has 0 aromatic heterocycles. The van der Waals surface area contributed by atoms with Gasteiger partial charge in [-0.3, -0.25) is 4.79 Å². The van der Waals surface area contributed by atoms with Gasteiger partial charge in [0, 0.05) is 13.1 Å². The van der Waals surface area contributed by atoms with Crippen LogP contribution in [0.1, 0.15) is 50.9 Å². The van der Waals surface area contributed by atoms with E-state index in [-0.39, 0.29) is 5.91 Å². The number of hydrogen-bond donors (Lipinski definition) is 0. The average Bonchev–Trinajstić information content (AvgIpc) is 3.05. The third kappa shape index (κ3) is 3.02. The van der Waals surface area contributed by atoms with Gasteiger partial charge in [0.25, 0.3) is 5.91 Å². The summed E-state index contributed by atoms with van der Waals surface area (Å²) in [6, 6.07) is 5.44. The van der Waals surface area contributed by atoms with Crippen molar-refractivity contribution < 1.29 is 14.1 Å².